The smallest absolute Gasteiger partial charge is 0.344 e. The van der Waals surface area contributed by atoms with E-state index < -0.39 is 18.5 Å². The Morgan fingerprint density at radius 3 is 2.31 bits per heavy atom. The van der Waals surface area contributed by atoms with Crippen molar-refractivity contribution in [3.8, 4) is 11.5 Å². The van der Waals surface area contributed by atoms with Crippen molar-refractivity contribution < 1.29 is 23.8 Å². The number of nitrogens with one attached hydrogen (secondary N) is 1. The number of esters is 1. The van der Waals surface area contributed by atoms with E-state index in [4.69, 9.17) is 37.4 Å². The van der Waals surface area contributed by atoms with Gasteiger partial charge in [-0.3, -0.25) is 4.79 Å². The van der Waals surface area contributed by atoms with Gasteiger partial charge in [0.25, 0.3) is 5.91 Å². The van der Waals surface area contributed by atoms with Crippen LogP contribution in [0.2, 0.25) is 10.0 Å². The van der Waals surface area contributed by atoms with Crippen LogP contribution in [0.4, 0.5) is 5.69 Å². The molecular formula is C18H17Cl2NO5. The zero-order chi connectivity index (χ0) is 19.1. The van der Waals surface area contributed by atoms with Crippen LogP contribution >= 0.6 is 23.2 Å². The Balaban J connectivity index is 1.81. The fraction of sp³-hybridized carbons (Fsp3) is 0.222. The molecule has 26 heavy (non-hydrogen) atoms. The second kappa shape index (κ2) is 9.31. The molecule has 1 N–H and O–H groups in total. The molecule has 0 aliphatic carbocycles. The summed E-state index contributed by atoms with van der Waals surface area (Å²) in [5.74, 6) is -0.246. The molecule has 0 atom stereocenters. The van der Waals surface area contributed by atoms with Gasteiger partial charge in [0.2, 0.25) is 0 Å². The molecule has 8 heteroatoms. The summed E-state index contributed by atoms with van der Waals surface area (Å²) in [5, 5.41) is 3.58. The number of halogens is 2. The van der Waals surface area contributed by atoms with Gasteiger partial charge in [-0.25, -0.2) is 4.79 Å². The van der Waals surface area contributed by atoms with Crippen molar-refractivity contribution in [2.24, 2.45) is 0 Å². The zero-order valence-electron chi connectivity index (χ0n) is 14.2. The maximum atomic E-state index is 11.9. The summed E-state index contributed by atoms with van der Waals surface area (Å²) in [6, 6.07) is 9.81. The molecular weight excluding hydrogens is 381 g/mol. The SMILES string of the molecule is COc1ccc(Cl)cc1NC(=O)COC(=O)COc1ccc(Cl)cc1C. The molecule has 0 saturated carbocycles. The molecule has 0 bridgehead atoms. The third-order valence-electron chi connectivity index (χ3n) is 3.28. The van der Waals surface area contributed by atoms with Crippen LogP contribution < -0.4 is 14.8 Å². The minimum atomic E-state index is -0.674. The van der Waals surface area contributed by atoms with E-state index in [1.165, 1.54) is 13.2 Å². The van der Waals surface area contributed by atoms with Gasteiger partial charge < -0.3 is 19.5 Å². The maximum absolute atomic E-state index is 11.9. The van der Waals surface area contributed by atoms with Crippen LogP contribution in [0.5, 0.6) is 11.5 Å². The summed E-state index contributed by atoms with van der Waals surface area (Å²) in [7, 11) is 1.47. The summed E-state index contributed by atoms with van der Waals surface area (Å²) in [6.45, 7) is 1.02. The molecule has 0 radical (unpaired) electrons. The normalized spacial score (nSPS) is 10.2. The lowest BCUT2D eigenvalue weighted by Crippen LogP contribution is -2.24. The molecule has 2 aromatic carbocycles. The van der Waals surface area contributed by atoms with E-state index in [0.717, 1.165) is 5.56 Å². The third kappa shape index (κ3) is 5.82. The summed E-state index contributed by atoms with van der Waals surface area (Å²) in [4.78, 5) is 23.6. The topological polar surface area (TPSA) is 73.9 Å². The standard InChI is InChI=1S/C18H17Cl2NO5/c1-11-7-12(19)3-5-15(11)25-10-18(23)26-9-17(22)21-14-8-13(20)4-6-16(14)24-2/h3-8H,9-10H2,1-2H3,(H,21,22). The number of hydrogen-bond acceptors (Lipinski definition) is 5. The van der Waals surface area contributed by atoms with E-state index in [-0.39, 0.29) is 6.61 Å². The molecule has 0 fully saturated rings. The predicted octanol–water partition coefficient (Wildman–Crippen LogP) is 3.87. The molecule has 1 amide bonds. The van der Waals surface area contributed by atoms with Crippen LogP contribution in [0.25, 0.3) is 0 Å². The van der Waals surface area contributed by atoms with Crippen LogP contribution in [-0.4, -0.2) is 32.2 Å². The zero-order valence-corrected chi connectivity index (χ0v) is 15.7. The van der Waals surface area contributed by atoms with Crippen molar-refractivity contribution in [1.82, 2.24) is 0 Å². The molecule has 2 rings (SSSR count). The first-order chi connectivity index (χ1) is 12.4. The van der Waals surface area contributed by atoms with Crippen LogP contribution in [-0.2, 0) is 14.3 Å². The van der Waals surface area contributed by atoms with Gasteiger partial charge in [-0.15, -0.1) is 0 Å². The highest BCUT2D eigenvalue weighted by molar-refractivity contribution is 6.31. The molecule has 0 unspecified atom stereocenters. The van der Waals surface area contributed by atoms with Gasteiger partial charge in [0.05, 0.1) is 12.8 Å². The average Bonchev–Trinajstić information content (AvgIpc) is 2.59. The fourth-order valence-corrected chi connectivity index (χ4v) is 2.46. The van der Waals surface area contributed by atoms with Crippen molar-refractivity contribution in [3.63, 3.8) is 0 Å². The van der Waals surface area contributed by atoms with Crippen molar-refractivity contribution in [3.05, 3.63) is 52.0 Å². The molecule has 6 nitrogen and oxygen atoms in total. The summed E-state index contributed by atoms with van der Waals surface area (Å²) in [6.07, 6.45) is 0. The molecule has 0 aliphatic heterocycles. The van der Waals surface area contributed by atoms with Gasteiger partial charge in [-0.1, -0.05) is 23.2 Å². The fourth-order valence-electron chi connectivity index (χ4n) is 2.06. The third-order valence-corrected chi connectivity index (χ3v) is 3.75. The minimum Gasteiger partial charge on any atom is -0.495 e. The van der Waals surface area contributed by atoms with Crippen molar-refractivity contribution in [2.75, 3.05) is 25.6 Å². The first-order valence-electron chi connectivity index (χ1n) is 7.57. The molecule has 138 valence electrons. The van der Waals surface area contributed by atoms with Crippen LogP contribution in [0.3, 0.4) is 0 Å². The number of benzene rings is 2. The Labute approximate surface area is 160 Å². The number of anilines is 1. The van der Waals surface area contributed by atoms with E-state index >= 15 is 0 Å². The van der Waals surface area contributed by atoms with E-state index in [1.807, 2.05) is 0 Å². The van der Waals surface area contributed by atoms with E-state index in [2.05, 4.69) is 5.32 Å². The Morgan fingerprint density at radius 2 is 1.65 bits per heavy atom. The highest BCUT2D eigenvalue weighted by atomic mass is 35.5. The summed E-state index contributed by atoms with van der Waals surface area (Å²) in [5.41, 5.74) is 1.17. The van der Waals surface area contributed by atoms with Gasteiger partial charge in [0.15, 0.2) is 13.2 Å². The highest BCUT2D eigenvalue weighted by Gasteiger charge is 2.12. The number of amides is 1. The van der Waals surface area contributed by atoms with Gasteiger partial charge in [-0.2, -0.15) is 0 Å². The van der Waals surface area contributed by atoms with Gasteiger partial charge in [0.1, 0.15) is 11.5 Å². The molecule has 0 saturated heterocycles. The lowest BCUT2D eigenvalue weighted by Gasteiger charge is -2.11. The molecule has 0 spiro atoms. The lowest BCUT2D eigenvalue weighted by molar-refractivity contribution is -0.149. The van der Waals surface area contributed by atoms with E-state index in [9.17, 15) is 9.59 Å². The second-order valence-corrected chi connectivity index (χ2v) is 6.12. The highest BCUT2D eigenvalue weighted by Crippen LogP contribution is 2.27. The number of aryl methyl sites for hydroxylation is 1. The Kier molecular flexibility index (Phi) is 7.12. The Hall–Kier alpha value is -2.44. The van der Waals surface area contributed by atoms with Crippen LogP contribution in [0.15, 0.2) is 36.4 Å². The first kappa shape index (κ1) is 19.9. The van der Waals surface area contributed by atoms with E-state index in [1.54, 1.807) is 37.3 Å². The average molecular weight is 398 g/mol. The molecule has 0 aliphatic rings. The number of carbonyl (C=O) groups excluding carboxylic acids is 2. The second-order valence-electron chi connectivity index (χ2n) is 5.25. The Bertz CT molecular complexity index is 810. The number of methoxy groups -OCH3 is 1. The molecule has 0 heterocycles. The summed E-state index contributed by atoms with van der Waals surface area (Å²) >= 11 is 11.7. The van der Waals surface area contributed by atoms with Crippen molar-refractivity contribution >= 4 is 40.8 Å². The van der Waals surface area contributed by atoms with Gasteiger partial charge in [0, 0.05) is 10.0 Å². The summed E-state index contributed by atoms with van der Waals surface area (Å²) < 4.78 is 15.4. The van der Waals surface area contributed by atoms with E-state index in [0.29, 0.717) is 27.2 Å². The van der Waals surface area contributed by atoms with Crippen molar-refractivity contribution in [2.45, 2.75) is 6.92 Å². The number of carbonyl (C=O) groups is 2. The number of hydrogen-bond donors (Lipinski definition) is 1. The minimum absolute atomic E-state index is 0.323. The number of rotatable bonds is 7. The molecule has 0 aromatic heterocycles. The first-order valence-corrected chi connectivity index (χ1v) is 8.32. The van der Waals surface area contributed by atoms with Gasteiger partial charge >= 0.3 is 5.97 Å². The number of ether oxygens (including phenoxy) is 3. The maximum Gasteiger partial charge on any atom is 0.344 e. The lowest BCUT2D eigenvalue weighted by atomic mass is 10.2. The van der Waals surface area contributed by atoms with Gasteiger partial charge in [-0.05, 0) is 48.9 Å². The molecule has 2 aromatic rings. The predicted molar refractivity (Wildman–Crippen MR) is 99.3 cm³/mol. The quantitative estimate of drug-likeness (QED) is 0.717. The largest absolute Gasteiger partial charge is 0.495 e. The monoisotopic (exact) mass is 397 g/mol. The Morgan fingerprint density at radius 1 is 1.00 bits per heavy atom. The van der Waals surface area contributed by atoms with Crippen LogP contribution in [0, 0.1) is 6.92 Å². The van der Waals surface area contributed by atoms with Crippen LogP contribution in [0.1, 0.15) is 5.56 Å². The van der Waals surface area contributed by atoms with Crippen molar-refractivity contribution in [1.29, 1.82) is 0 Å².